The van der Waals surface area contributed by atoms with E-state index >= 15 is 0 Å². The largest absolute Gasteiger partial charge is 0.457 e. The van der Waals surface area contributed by atoms with Crippen LogP contribution in [0.5, 0.6) is 0 Å². The molecule has 1 aliphatic carbocycles. The van der Waals surface area contributed by atoms with Crippen molar-refractivity contribution in [2.75, 3.05) is 6.61 Å². The molecule has 4 nitrogen and oxygen atoms in total. The Morgan fingerprint density at radius 3 is 2.89 bits per heavy atom. The van der Waals surface area contributed by atoms with Gasteiger partial charge in [-0.2, -0.15) is 0 Å². The normalized spacial score (nSPS) is 25.6. The molecule has 0 aromatic carbocycles. The van der Waals surface area contributed by atoms with Gasteiger partial charge in [0.2, 0.25) is 0 Å². The van der Waals surface area contributed by atoms with Crippen molar-refractivity contribution in [2.24, 2.45) is 5.41 Å². The first-order chi connectivity index (χ1) is 8.46. The van der Waals surface area contributed by atoms with Gasteiger partial charge in [0.25, 0.3) is 5.91 Å². The van der Waals surface area contributed by atoms with Gasteiger partial charge in [0.1, 0.15) is 0 Å². The molecule has 0 aliphatic heterocycles. The average Bonchev–Trinajstić information content (AvgIpc) is 2.74. The van der Waals surface area contributed by atoms with Crippen molar-refractivity contribution < 1.29 is 13.9 Å². The fraction of sp³-hybridized carbons (Fsp3) is 0.615. The Hall–Kier alpha value is -0.810. The van der Waals surface area contributed by atoms with Gasteiger partial charge in [0, 0.05) is 18.1 Å². The van der Waals surface area contributed by atoms with E-state index in [2.05, 4.69) is 35.1 Å². The van der Waals surface area contributed by atoms with Crippen molar-refractivity contribution in [1.82, 2.24) is 5.32 Å². The molecule has 2 unspecified atom stereocenters. The topological polar surface area (TPSA) is 51.5 Å². The highest BCUT2D eigenvalue weighted by molar-refractivity contribution is 9.10. The second-order valence-corrected chi connectivity index (χ2v) is 5.86. The summed E-state index contributed by atoms with van der Waals surface area (Å²) >= 11 is 3.21. The molecule has 18 heavy (non-hydrogen) atoms. The lowest BCUT2D eigenvalue weighted by atomic mass is 9.64. The van der Waals surface area contributed by atoms with Crippen LogP contribution in [-0.4, -0.2) is 24.7 Å². The van der Waals surface area contributed by atoms with E-state index in [1.807, 2.05) is 6.92 Å². The molecule has 0 radical (unpaired) electrons. The predicted molar refractivity (Wildman–Crippen MR) is 71.5 cm³/mol. The third kappa shape index (κ3) is 2.34. The third-order valence-corrected chi connectivity index (χ3v) is 4.33. The number of rotatable bonds is 4. The first-order valence-electron chi connectivity index (χ1n) is 6.12. The zero-order valence-electron chi connectivity index (χ0n) is 10.8. The highest BCUT2D eigenvalue weighted by Gasteiger charge is 2.49. The number of furan rings is 1. The molecule has 100 valence electrons. The van der Waals surface area contributed by atoms with Gasteiger partial charge in [0.05, 0.1) is 17.9 Å². The van der Waals surface area contributed by atoms with Crippen LogP contribution in [0.25, 0.3) is 0 Å². The minimum absolute atomic E-state index is 0.0259. The van der Waals surface area contributed by atoms with Gasteiger partial charge in [-0.25, -0.2) is 0 Å². The van der Waals surface area contributed by atoms with Crippen molar-refractivity contribution in [3.05, 3.63) is 22.6 Å². The molecule has 1 aliphatic rings. The Bertz CT molecular complexity index is 441. The minimum atomic E-state index is -0.108. The van der Waals surface area contributed by atoms with Crippen LogP contribution in [0, 0.1) is 5.41 Å². The van der Waals surface area contributed by atoms with Gasteiger partial charge in [0.15, 0.2) is 4.67 Å². The Morgan fingerprint density at radius 1 is 1.67 bits per heavy atom. The number of halogens is 1. The number of ether oxygens (including phenoxy) is 1. The first-order valence-corrected chi connectivity index (χ1v) is 6.91. The summed E-state index contributed by atoms with van der Waals surface area (Å²) in [7, 11) is 0. The fourth-order valence-corrected chi connectivity index (χ4v) is 2.73. The van der Waals surface area contributed by atoms with E-state index in [9.17, 15) is 4.79 Å². The molecule has 1 N–H and O–H groups in total. The highest BCUT2D eigenvalue weighted by Crippen LogP contribution is 2.42. The maximum Gasteiger partial charge on any atom is 0.255 e. The molecule has 2 atom stereocenters. The van der Waals surface area contributed by atoms with Gasteiger partial charge in [-0.05, 0) is 35.3 Å². The van der Waals surface area contributed by atoms with Crippen LogP contribution >= 0.6 is 15.9 Å². The van der Waals surface area contributed by atoms with E-state index in [0.717, 1.165) is 6.42 Å². The van der Waals surface area contributed by atoms with E-state index in [1.165, 1.54) is 6.26 Å². The van der Waals surface area contributed by atoms with Crippen LogP contribution in [0.3, 0.4) is 0 Å². The van der Waals surface area contributed by atoms with Crippen molar-refractivity contribution in [1.29, 1.82) is 0 Å². The number of hydrogen-bond acceptors (Lipinski definition) is 3. The van der Waals surface area contributed by atoms with Crippen molar-refractivity contribution >= 4 is 21.8 Å². The molecule has 0 saturated heterocycles. The monoisotopic (exact) mass is 315 g/mol. The fourth-order valence-electron chi connectivity index (χ4n) is 2.31. The van der Waals surface area contributed by atoms with E-state index < -0.39 is 0 Å². The Morgan fingerprint density at radius 2 is 2.39 bits per heavy atom. The van der Waals surface area contributed by atoms with Gasteiger partial charge in [-0.3, -0.25) is 4.79 Å². The maximum absolute atomic E-state index is 12.0. The molecule has 5 heteroatoms. The molecule has 0 spiro atoms. The lowest BCUT2D eigenvalue weighted by molar-refractivity contribution is -0.111. The summed E-state index contributed by atoms with van der Waals surface area (Å²) in [5.41, 5.74) is 0.507. The summed E-state index contributed by atoms with van der Waals surface area (Å²) in [5, 5.41) is 3.03. The standard InChI is InChI=1S/C13H18BrNO3/c1-4-17-10-7-9(13(10,2)3)15-12(16)8-5-6-18-11(8)14/h5-6,9-10H,4,7H2,1-3H3,(H,15,16). The zero-order valence-corrected chi connectivity index (χ0v) is 12.4. The number of hydrogen-bond donors (Lipinski definition) is 1. The molecule has 2 rings (SSSR count). The van der Waals surface area contributed by atoms with E-state index in [-0.39, 0.29) is 23.5 Å². The lowest BCUT2D eigenvalue weighted by Crippen LogP contribution is -2.62. The second kappa shape index (κ2) is 5.05. The van der Waals surface area contributed by atoms with Gasteiger partial charge in [-0.15, -0.1) is 0 Å². The minimum Gasteiger partial charge on any atom is -0.457 e. The smallest absolute Gasteiger partial charge is 0.255 e. The Kier molecular flexibility index (Phi) is 3.82. The summed E-state index contributed by atoms with van der Waals surface area (Å²) in [6, 6.07) is 1.80. The van der Waals surface area contributed by atoms with Gasteiger partial charge >= 0.3 is 0 Å². The molecule has 1 fully saturated rings. The molecule has 1 amide bonds. The molecule has 1 aromatic heterocycles. The number of carbonyl (C=O) groups excluding carboxylic acids is 1. The second-order valence-electron chi connectivity index (χ2n) is 5.14. The van der Waals surface area contributed by atoms with Crippen LogP contribution in [0.2, 0.25) is 0 Å². The molecule has 1 aromatic rings. The van der Waals surface area contributed by atoms with E-state index in [0.29, 0.717) is 16.8 Å². The van der Waals surface area contributed by atoms with Crippen LogP contribution < -0.4 is 5.32 Å². The number of amides is 1. The molecular weight excluding hydrogens is 298 g/mol. The summed E-state index contributed by atoms with van der Waals surface area (Å²) in [5.74, 6) is -0.108. The van der Waals surface area contributed by atoms with Gasteiger partial charge in [-0.1, -0.05) is 13.8 Å². The maximum atomic E-state index is 12.0. The van der Waals surface area contributed by atoms with Crippen molar-refractivity contribution in [2.45, 2.75) is 39.3 Å². The number of carbonyl (C=O) groups is 1. The van der Waals surface area contributed by atoms with E-state index in [4.69, 9.17) is 9.15 Å². The molecule has 1 heterocycles. The zero-order chi connectivity index (χ0) is 13.3. The Labute approximate surface area is 115 Å². The summed E-state index contributed by atoms with van der Waals surface area (Å²) in [6.45, 7) is 6.94. The van der Waals surface area contributed by atoms with Crippen LogP contribution in [0.1, 0.15) is 37.6 Å². The lowest BCUT2D eigenvalue weighted by Gasteiger charge is -2.51. The third-order valence-electron chi connectivity index (χ3n) is 3.71. The molecule has 1 saturated carbocycles. The summed E-state index contributed by atoms with van der Waals surface area (Å²) in [4.78, 5) is 12.0. The van der Waals surface area contributed by atoms with Crippen molar-refractivity contribution in [3.63, 3.8) is 0 Å². The number of nitrogens with one attached hydrogen (secondary N) is 1. The summed E-state index contributed by atoms with van der Waals surface area (Å²) in [6.07, 6.45) is 2.58. The van der Waals surface area contributed by atoms with E-state index in [1.54, 1.807) is 6.07 Å². The van der Waals surface area contributed by atoms with Crippen LogP contribution in [0.4, 0.5) is 0 Å². The quantitative estimate of drug-likeness (QED) is 0.929. The summed E-state index contributed by atoms with van der Waals surface area (Å²) < 4.78 is 11.2. The van der Waals surface area contributed by atoms with Gasteiger partial charge < -0.3 is 14.5 Å². The Balaban J connectivity index is 1.96. The average molecular weight is 316 g/mol. The predicted octanol–water partition coefficient (Wildman–Crippen LogP) is 2.98. The van der Waals surface area contributed by atoms with Crippen LogP contribution in [0.15, 0.2) is 21.4 Å². The highest BCUT2D eigenvalue weighted by atomic mass is 79.9. The van der Waals surface area contributed by atoms with Crippen molar-refractivity contribution in [3.8, 4) is 0 Å². The first kappa shape index (κ1) is 13.6. The van der Waals surface area contributed by atoms with Crippen LogP contribution in [-0.2, 0) is 4.74 Å². The molecular formula is C13H18BrNO3. The molecule has 0 bridgehead atoms. The SMILES string of the molecule is CCOC1CC(NC(=O)c2ccoc2Br)C1(C)C.